The average molecular weight is 437 g/mol. The Labute approximate surface area is 174 Å². The number of benzene rings is 2. The molecule has 0 saturated carbocycles. The molecular formula is C20H16ClF3N4O2. The molecule has 1 unspecified atom stereocenters. The van der Waals surface area contributed by atoms with Crippen LogP contribution < -0.4 is 5.32 Å². The molecule has 4 rings (SSSR count). The second-order valence-electron chi connectivity index (χ2n) is 6.79. The molecule has 2 heterocycles. The molecule has 2 amide bonds. The summed E-state index contributed by atoms with van der Waals surface area (Å²) in [7, 11) is 0. The van der Waals surface area contributed by atoms with Gasteiger partial charge in [0, 0.05) is 17.1 Å². The van der Waals surface area contributed by atoms with Gasteiger partial charge in [0.15, 0.2) is 0 Å². The zero-order valence-electron chi connectivity index (χ0n) is 15.5. The first-order valence-electron chi connectivity index (χ1n) is 9.16. The van der Waals surface area contributed by atoms with Crippen LogP contribution in [0.25, 0.3) is 11.4 Å². The maximum atomic E-state index is 13.2. The van der Waals surface area contributed by atoms with Crippen LogP contribution in [0.1, 0.15) is 30.3 Å². The van der Waals surface area contributed by atoms with Crippen molar-refractivity contribution in [2.45, 2.75) is 25.1 Å². The van der Waals surface area contributed by atoms with Gasteiger partial charge in [0.1, 0.15) is 6.04 Å². The van der Waals surface area contributed by atoms with Crippen molar-refractivity contribution < 1.29 is 22.5 Å². The summed E-state index contributed by atoms with van der Waals surface area (Å²) in [5, 5.41) is 6.83. The van der Waals surface area contributed by atoms with Crippen molar-refractivity contribution in [2.75, 3.05) is 11.9 Å². The molecular weight excluding hydrogens is 421 g/mol. The molecule has 0 radical (unpaired) electrons. The number of amides is 2. The van der Waals surface area contributed by atoms with E-state index in [0.717, 1.165) is 6.07 Å². The summed E-state index contributed by atoms with van der Waals surface area (Å²) in [4.78, 5) is 18.5. The van der Waals surface area contributed by atoms with E-state index in [9.17, 15) is 18.0 Å². The quantitative estimate of drug-likeness (QED) is 0.565. The third kappa shape index (κ3) is 4.11. The summed E-state index contributed by atoms with van der Waals surface area (Å²) in [6.07, 6.45) is -3.36. The lowest BCUT2D eigenvalue weighted by Crippen LogP contribution is -2.35. The smallest absolute Gasteiger partial charge is 0.337 e. The molecule has 0 bridgehead atoms. The van der Waals surface area contributed by atoms with Crippen LogP contribution in [0.4, 0.5) is 23.7 Å². The van der Waals surface area contributed by atoms with Crippen LogP contribution in [-0.2, 0) is 6.18 Å². The molecule has 0 spiro atoms. The lowest BCUT2D eigenvalue weighted by Gasteiger charge is -2.23. The minimum Gasteiger partial charge on any atom is -0.337 e. The maximum Gasteiger partial charge on any atom is 0.418 e. The number of alkyl halides is 3. The number of rotatable bonds is 3. The number of hydrogen-bond acceptors (Lipinski definition) is 4. The SMILES string of the molecule is O=C(Nc1ccccc1C(F)(F)F)N1CCCC1c1nc(-c2cccc(Cl)c2)no1. The number of nitrogens with zero attached hydrogens (tertiary/aromatic N) is 3. The Morgan fingerprint density at radius 1 is 1.20 bits per heavy atom. The van der Waals surface area contributed by atoms with E-state index >= 15 is 0 Å². The van der Waals surface area contributed by atoms with Gasteiger partial charge in [-0.1, -0.05) is 41.0 Å². The number of urea groups is 1. The molecule has 3 aromatic rings. The number of hydrogen-bond donors (Lipinski definition) is 1. The highest BCUT2D eigenvalue weighted by Gasteiger charge is 2.37. The van der Waals surface area contributed by atoms with Gasteiger partial charge in [-0.15, -0.1) is 0 Å². The minimum atomic E-state index is -4.58. The molecule has 156 valence electrons. The predicted molar refractivity (Wildman–Crippen MR) is 104 cm³/mol. The largest absolute Gasteiger partial charge is 0.418 e. The molecule has 1 aliphatic rings. The zero-order valence-corrected chi connectivity index (χ0v) is 16.2. The molecule has 30 heavy (non-hydrogen) atoms. The van der Waals surface area contributed by atoms with Crippen LogP contribution in [-0.4, -0.2) is 27.6 Å². The highest BCUT2D eigenvalue weighted by molar-refractivity contribution is 6.30. The number of halogens is 4. The van der Waals surface area contributed by atoms with Gasteiger partial charge in [-0.05, 0) is 37.1 Å². The Kier molecular flexibility index (Phi) is 5.38. The van der Waals surface area contributed by atoms with Crippen LogP contribution in [0.5, 0.6) is 0 Å². The molecule has 2 aromatic carbocycles. The summed E-state index contributed by atoms with van der Waals surface area (Å²) in [6.45, 7) is 0.361. The van der Waals surface area contributed by atoms with Crippen molar-refractivity contribution in [2.24, 2.45) is 0 Å². The van der Waals surface area contributed by atoms with Gasteiger partial charge in [0.2, 0.25) is 11.7 Å². The van der Waals surface area contributed by atoms with Crippen LogP contribution in [0.15, 0.2) is 53.1 Å². The van der Waals surface area contributed by atoms with Crippen molar-refractivity contribution in [1.82, 2.24) is 15.0 Å². The van der Waals surface area contributed by atoms with Crippen LogP contribution >= 0.6 is 11.6 Å². The van der Waals surface area contributed by atoms with Gasteiger partial charge in [-0.3, -0.25) is 0 Å². The molecule has 1 aliphatic heterocycles. The van der Waals surface area contributed by atoms with Crippen LogP contribution in [0.2, 0.25) is 5.02 Å². The molecule has 1 saturated heterocycles. The third-order valence-electron chi connectivity index (χ3n) is 4.80. The fourth-order valence-electron chi connectivity index (χ4n) is 3.41. The molecule has 1 aromatic heterocycles. The topological polar surface area (TPSA) is 71.3 Å². The number of likely N-dealkylation sites (tertiary alicyclic amines) is 1. The van der Waals surface area contributed by atoms with Crippen LogP contribution in [0, 0.1) is 0 Å². The second kappa shape index (κ2) is 7.98. The van der Waals surface area contributed by atoms with Gasteiger partial charge in [-0.25, -0.2) is 4.79 Å². The van der Waals surface area contributed by atoms with Crippen molar-refractivity contribution in [3.8, 4) is 11.4 Å². The van der Waals surface area contributed by atoms with Crippen molar-refractivity contribution >= 4 is 23.3 Å². The van der Waals surface area contributed by atoms with E-state index in [1.165, 1.54) is 23.1 Å². The highest BCUT2D eigenvalue weighted by atomic mass is 35.5. The summed E-state index contributed by atoms with van der Waals surface area (Å²) in [5.41, 5.74) is -0.550. The lowest BCUT2D eigenvalue weighted by atomic mass is 10.1. The van der Waals surface area contributed by atoms with Crippen molar-refractivity contribution in [3.63, 3.8) is 0 Å². The van der Waals surface area contributed by atoms with E-state index in [4.69, 9.17) is 16.1 Å². The van der Waals surface area contributed by atoms with E-state index < -0.39 is 23.8 Å². The average Bonchev–Trinajstić information content (AvgIpc) is 3.37. The number of aromatic nitrogens is 2. The fraction of sp³-hybridized carbons (Fsp3) is 0.250. The number of para-hydroxylation sites is 1. The van der Waals surface area contributed by atoms with Gasteiger partial charge in [0.05, 0.1) is 11.3 Å². The number of carbonyl (C=O) groups excluding carboxylic acids is 1. The van der Waals surface area contributed by atoms with E-state index in [2.05, 4.69) is 15.5 Å². The van der Waals surface area contributed by atoms with E-state index in [1.807, 2.05) is 0 Å². The minimum absolute atomic E-state index is 0.224. The number of carbonyl (C=O) groups is 1. The number of nitrogens with one attached hydrogen (secondary N) is 1. The Bertz CT molecular complexity index is 1070. The van der Waals surface area contributed by atoms with Gasteiger partial charge >= 0.3 is 12.2 Å². The highest BCUT2D eigenvalue weighted by Crippen LogP contribution is 2.36. The normalized spacial score (nSPS) is 16.7. The van der Waals surface area contributed by atoms with Gasteiger partial charge < -0.3 is 14.7 Å². The zero-order chi connectivity index (χ0) is 21.3. The van der Waals surface area contributed by atoms with Crippen molar-refractivity contribution in [3.05, 3.63) is 65.0 Å². The molecule has 6 nitrogen and oxygen atoms in total. The molecule has 10 heteroatoms. The Morgan fingerprint density at radius 2 is 2.00 bits per heavy atom. The summed E-state index contributed by atoms with van der Waals surface area (Å²) in [6, 6.07) is 10.6. The summed E-state index contributed by atoms with van der Waals surface area (Å²) in [5.74, 6) is 0.545. The molecule has 1 atom stereocenters. The lowest BCUT2D eigenvalue weighted by molar-refractivity contribution is -0.136. The standard InChI is InChI=1S/C20H16ClF3N4O2/c21-13-6-3-5-12(11-13)17-26-18(30-27-17)16-9-4-10-28(16)19(29)25-15-8-2-1-7-14(15)20(22,23)24/h1-3,5-8,11,16H,4,9-10H2,(H,25,29). The van der Waals surface area contributed by atoms with Gasteiger partial charge in [-0.2, -0.15) is 18.2 Å². The first-order valence-corrected chi connectivity index (χ1v) is 9.54. The number of anilines is 1. The molecule has 0 aliphatic carbocycles. The predicted octanol–water partition coefficient (Wildman–Crippen LogP) is 5.78. The maximum absolute atomic E-state index is 13.2. The van der Waals surface area contributed by atoms with E-state index in [1.54, 1.807) is 24.3 Å². The van der Waals surface area contributed by atoms with E-state index in [-0.39, 0.29) is 11.6 Å². The Hall–Kier alpha value is -3.07. The fourth-order valence-corrected chi connectivity index (χ4v) is 3.60. The van der Waals surface area contributed by atoms with E-state index in [0.29, 0.717) is 35.8 Å². The van der Waals surface area contributed by atoms with Gasteiger partial charge in [0.25, 0.3) is 0 Å². The second-order valence-corrected chi connectivity index (χ2v) is 7.23. The molecule has 1 N–H and O–H groups in total. The monoisotopic (exact) mass is 436 g/mol. The van der Waals surface area contributed by atoms with Crippen molar-refractivity contribution in [1.29, 1.82) is 0 Å². The first-order chi connectivity index (χ1) is 14.3. The molecule has 1 fully saturated rings. The Morgan fingerprint density at radius 3 is 2.77 bits per heavy atom. The summed E-state index contributed by atoms with van der Waals surface area (Å²) >= 11 is 5.99. The summed E-state index contributed by atoms with van der Waals surface area (Å²) < 4.78 is 45.0. The third-order valence-corrected chi connectivity index (χ3v) is 5.03. The first kappa shape index (κ1) is 20.2. The van der Waals surface area contributed by atoms with Crippen LogP contribution in [0.3, 0.4) is 0 Å². The Balaban J connectivity index is 1.54.